The van der Waals surface area contributed by atoms with E-state index in [2.05, 4.69) is 13.2 Å². The largest absolute Gasteiger partial charge is 0.431 e. The first-order valence-electron chi connectivity index (χ1n) is 7.39. The Kier molecular flexibility index (Phi) is 4.55. The predicted octanol–water partition coefficient (Wildman–Crippen LogP) is 2.85. The van der Waals surface area contributed by atoms with Gasteiger partial charge < -0.3 is 4.74 Å². The molecule has 1 heterocycles. The number of imide groups is 1. The smallest absolute Gasteiger partial charge is 0.335 e. The number of ether oxygens (including phenoxy) is 1. The fourth-order valence-corrected chi connectivity index (χ4v) is 2.47. The van der Waals surface area contributed by atoms with Gasteiger partial charge in [-0.2, -0.15) is 0 Å². The third-order valence-corrected chi connectivity index (χ3v) is 3.71. The number of nitrogens with zero attached hydrogens (tertiary/aromatic N) is 1. The highest BCUT2D eigenvalue weighted by Crippen LogP contribution is 2.40. The molecular weight excluding hydrogens is 306 g/mol. The van der Waals surface area contributed by atoms with Crippen LogP contribution in [0.2, 0.25) is 0 Å². The van der Waals surface area contributed by atoms with Crippen LogP contribution in [0.3, 0.4) is 0 Å². The van der Waals surface area contributed by atoms with E-state index in [0.29, 0.717) is 11.1 Å². The maximum atomic E-state index is 12.5. The lowest BCUT2D eigenvalue weighted by molar-refractivity contribution is -0.170. The van der Waals surface area contributed by atoms with Gasteiger partial charge in [-0.25, -0.2) is 9.69 Å². The van der Waals surface area contributed by atoms with Crippen molar-refractivity contribution < 1.29 is 19.1 Å². The van der Waals surface area contributed by atoms with Gasteiger partial charge in [-0.15, -0.1) is 0 Å². The summed E-state index contributed by atoms with van der Waals surface area (Å²) in [5.41, 5.74) is -0.114. The highest BCUT2D eigenvalue weighted by molar-refractivity contribution is 6.15. The molecule has 0 spiro atoms. The first-order chi connectivity index (χ1) is 11.2. The molecule has 0 saturated carbocycles. The number of rotatable bonds is 4. The summed E-state index contributed by atoms with van der Waals surface area (Å²) in [5, 5.41) is 0. The van der Waals surface area contributed by atoms with E-state index in [9.17, 15) is 14.4 Å². The average molecular weight is 325 g/mol. The third-order valence-electron chi connectivity index (χ3n) is 3.71. The molecule has 0 radical (unpaired) electrons. The van der Waals surface area contributed by atoms with Gasteiger partial charge in [0.25, 0.3) is 11.8 Å². The number of hydrogen-bond acceptors (Lipinski definition) is 4. The van der Waals surface area contributed by atoms with Crippen molar-refractivity contribution in [2.45, 2.75) is 26.5 Å². The number of hydrogen-bond donors (Lipinski definition) is 0. The molecule has 2 amide bonds. The summed E-state index contributed by atoms with van der Waals surface area (Å²) < 4.78 is 5.52. The van der Waals surface area contributed by atoms with E-state index in [1.165, 1.54) is 26.8 Å². The molecule has 124 valence electrons. The minimum atomic E-state index is -1.56. The molecule has 1 atom stereocenters. The van der Waals surface area contributed by atoms with Crippen molar-refractivity contribution in [3.63, 3.8) is 0 Å². The van der Waals surface area contributed by atoms with Gasteiger partial charge in [0.2, 0.25) is 5.72 Å². The second-order valence-electron chi connectivity index (χ2n) is 5.84. The Bertz CT molecular complexity index is 776. The van der Waals surface area contributed by atoms with Crippen LogP contribution in [0.25, 0.3) is 5.57 Å². The van der Waals surface area contributed by atoms with Crippen molar-refractivity contribution >= 4 is 23.4 Å². The van der Waals surface area contributed by atoms with Crippen molar-refractivity contribution in [3.05, 3.63) is 66.3 Å². The fourth-order valence-electron chi connectivity index (χ4n) is 2.47. The summed E-state index contributed by atoms with van der Waals surface area (Å²) in [6, 6.07) is 8.98. The monoisotopic (exact) mass is 325 g/mol. The number of amides is 2. The van der Waals surface area contributed by atoms with Gasteiger partial charge in [0.05, 0.1) is 0 Å². The molecule has 2 rings (SSSR count). The van der Waals surface area contributed by atoms with E-state index in [4.69, 9.17) is 4.74 Å². The van der Waals surface area contributed by atoms with E-state index in [0.717, 1.165) is 4.90 Å². The van der Waals surface area contributed by atoms with E-state index in [1.54, 1.807) is 24.3 Å². The molecule has 24 heavy (non-hydrogen) atoms. The van der Waals surface area contributed by atoms with E-state index in [-0.39, 0.29) is 11.1 Å². The molecule has 0 aliphatic carbocycles. The van der Waals surface area contributed by atoms with Gasteiger partial charge in [0.1, 0.15) is 0 Å². The maximum Gasteiger partial charge on any atom is 0.335 e. The van der Waals surface area contributed by atoms with Crippen molar-refractivity contribution in [2.24, 2.45) is 0 Å². The van der Waals surface area contributed by atoms with Gasteiger partial charge in [0.15, 0.2) is 0 Å². The van der Waals surface area contributed by atoms with Crippen molar-refractivity contribution in [1.82, 2.24) is 4.90 Å². The Morgan fingerprint density at radius 3 is 2.17 bits per heavy atom. The molecular formula is C19H19NO4. The van der Waals surface area contributed by atoms with Crippen LogP contribution in [0.4, 0.5) is 0 Å². The fraction of sp³-hybridized carbons (Fsp3) is 0.211. The second kappa shape index (κ2) is 6.28. The summed E-state index contributed by atoms with van der Waals surface area (Å²) in [4.78, 5) is 37.9. The molecule has 1 aliphatic heterocycles. The van der Waals surface area contributed by atoms with Gasteiger partial charge in [-0.3, -0.25) is 9.59 Å². The summed E-state index contributed by atoms with van der Waals surface area (Å²) in [5.74, 6) is -1.84. The second-order valence-corrected chi connectivity index (χ2v) is 5.84. The first-order valence-corrected chi connectivity index (χ1v) is 7.39. The Balaban J connectivity index is 2.57. The zero-order chi connectivity index (χ0) is 18.1. The molecule has 0 bridgehead atoms. The molecule has 1 aliphatic rings. The zero-order valence-electron chi connectivity index (χ0n) is 14.0. The Hall–Kier alpha value is -2.95. The van der Waals surface area contributed by atoms with Crippen molar-refractivity contribution in [2.75, 3.05) is 0 Å². The molecule has 1 aromatic carbocycles. The normalized spacial score (nSPS) is 19.7. The van der Waals surface area contributed by atoms with Crippen molar-refractivity contribution in [1.29, 1.82) is 0 Å². The molecule has 0 saturated heterocycles. The van der Waals surface area contributed by atoms with Crippen LogP contribution >= 0.6 is 0 Å². The lowest BCUT2D eigenvalue weighted by atomic mass is 9.97. The minimum absolute atomic E-state index is 0.170. The first kappa shape index (κ1) is 17.4. The maximum absolute atomic E-state index is 12.5. The van der Waals surface area contributed by atoms with Crippen LogP contribution in [0.5, 0.6) is 0 Å². The van der Waals surface area contributed by atoms with E-state index in [1.807, 2.05) is 6.07 Å². The molecule has 0 fully saturated rings. The minimum Gasteiger partial charge on any atom is -0.431 e. The topological polar surface area (TPSA) is 63.7 Å². The molecule has 5 heteroatoms. The summed E-state index contributed by atoms with van der Waals surface area (Å²) in [6.07, 6.45) is 1.31. The number of esters is 1. The van der Waals surface area contributed by atoms with Crippen LogP contribution < -0.4 is 0 Å². The number of carbonyl (C=O) groups excluding carboxylic acids is 3. The van der Waals surface area contributed by atoms with Gasteiger partial charge in [0, 0.05) is 29.7 Å². The predicted molar refractivity (Wildman–Crippen MR) is 90.4 cm³/mol. The molecule has 0 N–H and O–H groups in total. The van der Waals surface area contributed by atoms with Crippen LogP contribution in [-0.4, -0.2) is 28.4 Å². The van der Waals surface area contributed by atoms with Crippen molar-refractivity contribution in [3.8, 4) is 0 Å². The Morgan fingerprint density at radius 2 is 1.67 bits per heavy atom. The lowest BCUT2D eigenvalue weighted by Crippen LogP contribution is -2.52. The van der Waals surface area contributed by atoms with Crippen LogP contribution in [-0.2, 0) is 19.1 Å². The summed E-state index contributed by atoms with van der Waals surface area (Å²) in [6.45, 7) is 11.6. The summed E-state index contributed by atoms with van der Waals surface area (Å²) >= 11 is 0. The van der Waals surface area contributed by atoms with Crippen LogP contribution in [0.15, 0.2) is 60.7 Å². The Morgan fingerprint density at radius 1 is 1.08 bits per heavy atom. The number of benzene rings is 1. The average Bonchev–Trinajstić information content (AvgIpc) is 2.78. The highest BCUT2D eigenvalue weighted by Gasteiger charge is 2.51. The zero-order valence-corrected chi connectivity index (χ0v) is 14.0. The van der Waals surface area contributed by atoms with Gasteiger partial charge in [-0.05, 0) is 19.4 Å². The molecule has 1 unspecified atom stereocenters. The van der Waals surface area contributed by atoms with E-state index >= 15 is 0 Å². The lowest BCUT2D eigenvalue weighted by Gasteiger charge is -2.36. The van der Waals surface area contributed by atoms with Crippen LogP contribution in [0, 0.1) is 0 Å². The summed E-state index contributed by atoms with van der Waals surface area (Å²) in [7, 11) is 0. The molecule has 5 nitrogen and oxygen atoms in total. The highest BCUT2D eigenvalue weighted by atomic mass is 16.6. The Labute approximate surface area is 140 Å². The molecule has 0 aromatic heterocycles. The third kappa shape index (κ3) is 2.93. The van der Waals surface area contributed by atoms with E-state index < -0.39 is 23.5 Å². The van der Waals surface area contributed by atoms with Crippen LogP contribution in [0.1, 0.15) is 26.3 Å². The van der Waals surface area contributed by atoms with Gasteiger partial charge >= 0.3 is 5.97 Å². The standard InChI is InChI=1S/C19H19NO4/c1-12(2)17(22)20-16(21)11-15(14-9-7-6-8-10-14)19(20,5)24-18(23)13(3)4/h6-11H,1,3H2,2,4-5H3. The SMILES string of the molecule is C=C(C)C(=O)OC1(C)C(c2ccccc2)=CC(=O)N1C(=O)C(=C)C. The number of carbonyl (C=O) groups is 3. The van der Waals surface area contributed by atoms with Gasteiger partial charge in [-0.1, -0.05) is 43.5 Å². The quantitative estimate of drug-likeness (QED) is 0.631. The molecule has 1 aromatic rings.